The quantitative estimate of drug-likeness (QED) is 0.625. The van der Waals surface area contributed by atoms with E-state index in [1.165, 1.54) is 0 Å². The van der Waals surface area contributed by atoms with Gasteiger partial charge in [0, 0.05) is 32.1 Å². The molecule has 0 aliphatic heterocycles. The molecular weight excluding hydrogens is 340 g/mol. The van der Waals surface area contributed by atoms with Crippen LogP contribution in [0.1, 0.15) is 35.6 Å². The third-order valence-corrected chi connectivity index (χ3v) is 4.18. The first-order valence-electron chi connectivity index (χ1n) is 9.04. The van der Waals surface area contributed by atoms with Crippen LogP contribution in [0.15, 0.2) is 42.7 Å². The Kier molecular flexibility index (Phi) is 5.54. The number of esters is 1. The van der Waals surface area contributed by atoms with Gasteiger partial charge < -0.3 is 9.64 Å². The van der Waals surface area contributed by atoms with Crippen molar-refractivity contribution in [1.29, 1.82) is 0 Å². The number of hydrogen-bond acceptors (Lipinski definition) is 5. The monoisotopic (exact) mass is 364 g/mol. The van der Waals surface area contributed by atoms with Crippen LogP contribution in [0, 0.1) is 0 Å². The van der Waals surface area contributed by atoms with E-state index in [1.807, 2.05) is 61.6 Å². The van der Waals surface area contributed by atoms with Crippen molar-refractivity contribution >= 4 is 17.7 Å². The lowest BCUT2D eigenvalue weighted by Gasteiger charge is -2.09. The number of nitrogens with zero attached hydrogens (tertiary/aromatic N) is 4. The summed E-state index contributed by atoms with van der Waals surface area (Å²) < 4.78 is 6.95. The molecule has 3 rings (SSSR count). The highest BCUT2D eigenvalue weighted by Crippen LogP contribution is 2.29. The van der Waals surface area contributed by atoms with Crippen molar-refractivity contribution < 1.29 is 9.53 Å². The van der Waals surface area contributed by atoms with Crippen LogP contribution < -0.4 is 0 Å². The zero-order valence-electron chi connectivity index (χ0n) is 16.1. The molecule has 0 unspecified atom stereocenters. The molecule has 0 N–H and O–H groups in total. The Morgan fingerprint density at radius 2 is 1.96 bits per heavy atom. The molecule has 140 valence electrons. The number of carbonyl (C=O) groups is 1. The summed E-state index contributed by atoms with van der Waals surface area (Å²) in [5, 5.41) is 4.77. The van der Waals surface area contributed by atoms with Gasteiger partial charge >= 0.3 is 5.97 Å². The summed E-state index contributed by atoms with van der Waals surface area (Å²) in [5.41, 5.74) is 4.77. The zero-order chi connectivity index (χ0) is 19.4. The molecule has 1 aromatic carbocycles. The van der Waals surface area contributed by atoms with E-state index in [9.17, 15) is 4.79 Å². The lowest BCUT2D eigenvalue weighted by atomic mass is 10.0. The third-order valence-electron chi connectivity index (χ3n) is 4.18. The highest BCUT2D eigenvalue weighted by atomic mass is 16.5. The topological polar surface area (TPSA) is 59.7 Å². The molecule has 6 nitrogen and oxygen atoms in total. The number of aromatic nitrogens is 3. The van der Waals surface area contributed by atoms with E-state index in [0.29, 0.717) is 17.9 Å². The van der Waals surface area contributed by atoms with Gasteiger partial charge in [-0.1, -0.05) is 37.3 Å². The SMILES string of the molecule is CCOC(=O)c1cnc2c(-c3ccccc3)c(CC)nn2c1/C=C/N(C)C. The molecule has 6 heteroatoms. The molecule has 2 aromatic heterocycles. The Hall–Kier alpha value is -3.15. The van der Waals surface area contributed by atoms with E-state index in [-0.39, 0.29) is 0 Å². The van der Waals surface area contributed by atoms with Crippen LogP contribution in [0.25, 0.3) is 22.9 Å². The predicted octanol–water partition coefficient (Wildman–Crippen LogP) is 3.67. The Labute approximate surface area is 159 Å². The Morgan fingerprint density at radius 3 is 2.59 bits per heavy atom. The molecule has 0 aliphatic rings. The van der Waals surface area contributed by atoms with E-state index in [2.05, 4.69) is 11.9 Å². The Morgan fingerprint density at radius 1 is 1.22 bits per heavy atom. The largest absolute Gasteiger partial charge is 0.462 e. The summed E-state index contributed by atoms with van der Waals surface area (Å²) >= 11 is 0. The van der Waals surface area contributed by atoms with Gasteiger partial charge in [0.15, 0.2) is 5.65 Å². The molecule has 27 heavy (non-hydrogen) atoms. The van der Waals surface area contributed by atoms with Gasteiger partial charge in [0.25, 0.3) is 0 Å². The first-order chi connectivity index (χ1) is 13.1. The molecule has 0 amide bonds. The van der Waals surface area contributed by atoms with Crippen molar-refractivity contribution in [2.75, 3.05) is 20.7 Å². The summed E-state index contributed by atoms with van der Waals surface area (Å²) in [6.07, 6.45) is 6.09. The Balaban J connectivity index is 2.30. The molecule has 0 fully saturated rings. The number of ether oxygens (including phenoxy) is 1. The van der Waals surface area contributed by atoms with Crippen LogP contribution in [-0.2, 0) is 11.2 Å². The van der Waals surface area contributed by atoms with Gasteiger partial charge in [-0.25, -0.2) is 14.3 Å². The van der Waals surface area contributed by atoms with Crippen LogP contribution in [-0.4, -0.2) is 46.2 Å². The second-order valence-corrected chi connectivity index (χ2v) is 6.33. The second kappa shape index (κ2) is 8.03. The molecule has 0 aliphatic carbocycles. The number of benzene rings is 1. The van der Waals surface area contributed by atoms with Gasteiger partial charge in [0.1, 0.15) is 5.56 Å². The molecule has 3 aromatic rings. The van der Waals surface area contributed by atoms with Gasteiger partial charge in [-0.15, -0.1) is 0 Å². The highest BCUT2D eigenvalue weighted by Gasteiger charge is 2.21. The highest BCUT2D eigenvalue weighted by molar-refractivity contribution is 5.94. The Bertz CT molecular complexity index is 975. The standard InChI is InChI=1S/C21H24N4O2/c1-5-17-19(15-10-8-7-9-11-15)20-22-14-16(21(26)27-6-2)18(25(20)23-17)12-13-24(3)4/h7-14H,5-6H2,1-4H3/b13-12+. The van der Waals surface area contributed by atoms with Crippen molar-refractivity contribution in [1.82, 2.24) is 19.5 Å². The predicted molar refractivity (Wildman–Crippen MR) is 106 cm³/mol. The zero-order valence-corrected chi connectivity index (χ0v) is 16.1. The smallest absolute Gasteiger partial charge is 0.341 e. The molecular formula is C21H24N4O2. The number of rotatable bonds is 6. The molecule has 0 saturated heterocycles. The fraction of sp³-hybridized carbons (Fsp3) is 0.286. The van der Waals surface area contributed by atoms with Gasteiger partial charge in [-0.3, -0.25) is 0 Å². The average molecular weight is 364 g/mol. The van der Waals surface area contributed by atoms with Crippen molar-refractivity contribution in [3.63, 3.8) is 0 Å². The van der Waals surface area contributed by atoms with Gasteiger partial charge in [0.05, 0.1) is 18.0 Å². The van der Waals surface area contributed by atoms with Crippen molar-refractivity contribution in [2.24, 2.45) is 0 Å². The minimum absolute atomic E-state index is 0.308. The molecule has 0 spiro atoms. The lowest BCUT2D eigenvalue weighted by Crippen LogP contribution is -2.12. The summed E-state index contributed by atoms with van der Waals surface area (Å²) in [7, 11) is 3.85. The summed E-state index contributed by atoms with van der Waals surface area (Å²) in [6, 6.07) is 10.1. The maximum absolute atomic E-state index is 12.4. The number of hydrogen-bond donors (Lipinski definition) is 0. The number of carbonyl (C=O) groups excluding carboxylic acids is 1. The number of fused-ring (bicyclic) bond motifs is 1. The van der Waals surface area contributed by atoms with E-state index in [0.717, 1.165) is 28.9 Å². The molecule has 0 saturated carbocycles. The maximum atomic E-state index is 12.4. The van der Waals surface area contributed by atoms with Crippen LogP contribution in [0.4, 0.5) is 0 Å². The van der Waals surface area contributed by atoms with E-state index in [4.69, 9.17) is 9.84 Å². The third kappa shape index (κ3) is 3.69. The first-order valence-corrected chi connectivity index (χ1v) is 9.04. The van der Waals surface area contributed by atoms with Crippen molar-refractivity contribution in [2.45, 2.75) is 20.3 Å². The second-order valence-electron chi connectivity index (χ2n) is 6.33. The van der Waals surface area contributed by atoms with E-state index in [1.54, 1.807) is 17.6 Å². The first kappa shape index (κ1) is 18.6. The van der Waals surface area contributed by atoms with Crippen molar-refractivity contribution in [3.8, 4) is 11.1 Å². The molecule has 0 radical (unpaired) electrons. The van der Waals surface area contributed by atoms with E-state index >= 15 is 0 Å². The van der Waals surface area contributed by atoms with Gasteiger partial charge in [-0.2, -0.15) is 5.10 Å². The van der Waals surface area contributed by atoms with Gasteiger partial charge in [0.2, 0.25) is 0 Å². The van der Waals surface area contributed by atoms with Crippen LogP contribution in [0.3, 0.4) is 0 Å². The van der Waals surface area contributed by atoms with Crippen molar-refractivity contribution in [3.05, 3.63) is 59.7 Å². The maximum Gasteiger partial charge on any atom is 0.341 e. The molecule has 0 bridgehead atoms. The lowest BCUT2D eigenvalue weighted by molar-refractivity contribution is 0.0525. The average Bonchev–Trinajstić information content (AvgIpc) is 3.05. The fourth-order valence-corrected chi connectivity index (χ4v) is 2.94. The number of aryl methyl sites for hydroxylation is 1. The van der Waals surface area contributed by atoms with Crippen LogP contribution >= 0.6 is 0 Å². The minimum atomic E-state index is -0.403. The normalized spacial score (nSPS) is 11.3. The molecule has 2 heterocycles. The van der Waals surface area contributed by atoms with Gasteiger partial charge in [-0.05, 0) is 25.0 Å². The molecule has 0 atom stereocenters. The van der Waals surface area contributed by atoms with E-state index < -0.39 is 5.97 Å². The van der Waals surface area contributed by atoms with Crippen LogP contribution in [0.2, 0.25) is 0 Å². The minimum Gasteiger partial charge on any atom is -0.462 e. The summed E-state index contributed by atoms with van der Waals surface area (Å²) in [5.74, 6) is -0.403. The fourth-order valence-electron chi connectivity index (χ4n) is 2.94. The summed E-state index contributed by atoms with van der Waals surface area (Å²) in [6.45, 7) is 4.16. The summed E-state index contributed by atoms with van der Waals surface area (Å²) in [4.78, 5) is 18.9. The van der Waals surface area contributed by atoms with Crippen LogP contribution in [0.5, 0.6) is 0 Å².